The molecule has 3 aromatic rings. The SMILES string of the molecule is O=C(Nc1nnc(-c2cc(Cl)sc2Cl)o1)C1CCCN1S(=O)(=O)c1ccc(F)cc1. The molecule has 0 radical (unpaired) electrons. The van der Waals surface area contributed by atoms with Gasteiger partial charge in [0.15, 0.2) is 0 Å². The number of hydrogen-bond donors (Lipinski definition) is 1. The minimum Gasteiger partial charge on any atom is -0.403 e. The van der Waals surface area contributed by atoms with Crippen LogP contribution in [0.3, 0.4) is 0 Å². The van der Waals surface area contributed by atoms with Gasteiger partial charge >= 0.3 is 6.01 Å². The highest BCUT2D eigenvalue weighted by Crippen LogP contribution is 2.38. The Morgan fingerprint density at radius 1 is 1.27 bits per heavy atom. The summed E-state index contributed by atoms with van der Waals surface area (Å²) < 4.78 is 46.2. The maximum atomic E-state index is 13.1. The van der Waals surface area contributed by atoms with Crippen molar-refractivity contribution in [2.45, 2.75) is 23.8 Å². The van der Waals surface area contributed by atoms with E-state index in [2.05, 4.69) is 15.5 Å². The van der Waals surface area contributed by atoms with Crippen LogP contribution in [0.2, 0.25) is 8.67 Å². The molecule has 1 amide bonds. The molecule has 0 spiro atoms. The Bertz CT molecular complexity index is 1200. The highest BCUT2D eigenvalue weighted by molar-refractivity contribution is 7.89. The lowest BCUT2D eigenvalue weighted by Gasteiger charge is -2.22. The van der Waals surface area contributed by atoms with Crippen molar-refractivity contribution in [1.29, 1.82) is 0 Å². The molecular formula is C17H13Cl2FN4O4S2. The van der Waals surface area contributed by atoms with Gasteiger partial charge in [0, 0.05) is 6.54 Å². The van der Waals surface area contributed by atoms with Crippen LogP contribution in [0, 0.1) is 5.82 Å². The van der Waals surface area contributed by atoms with E-state index < -0.39 is 27.8 Å². The summed E-state index contributed by atoms with van der Waals surface area (Å²) in [6, 6.07) is 4.84. The molecule has 8 nitrogen and oxygen atoms in total. The number of halogens is 3. The molecule has 1 aliphatic rings. The van der Waals surface area contributed by atoms with Gasteiger partial charge in [0.25, 0.3) is 5.89 Å². The molecule has 30 heavy (non-hydrogen) atoms. The van der Waals surface area contributed by atoms with Crippen LogP contribution < -0.4 is 5.32 Å². The van der Waals surface area contributed by atoms with Crippen LogP contribution in [0.25, 0.3) is 11.5 Å². The van der Waals surface area contributed by atoms with E-state index in [-0.39, 0.29) is 23.3 Å². The monoisotopic (exact) mass is 490 g/mol. The first-order valence-electron chi connectivity index (χ1n) is 8.62. The Morgan fingerprint density at radius 3 is 2.67 bits per heavy atom. The summed E-state index contributed by atoms with van der Waals surface area (Å²) in [4.78, 5) is 12.6. The number of sulfonamides is 1. The van der Waals surface area contributed by atoms with Crippen LogP contribution in [0.1, 0.15) is 12.8 Å². The van der Waals surface area contributed by atoms with Gasteiger partial charge in [-0.2, -0.15) is 4.31 Å². The average molecular weight is 491 g/mol. The average Bonchev–Trinajstić information content (AvgIpc) is 3.42. The zero-order chi connectivity index (χ0) is 21.5. The molecule has 0 aliphatic carbocycles. The number of hydrogen-bond acceptors (Lipinski definition) is 7. The second kappa shape index (κ2) is 8.23. The summed E-state index contributed by atoms with van der Waals surface area (Å²) in [5.74, 6) is -1.09. The van der Waals surface area contributed by atoms with E-state index in [1.54, 1.807) is 6.07 Å². The van der Waals surface area contributed by atoms with Crippen LogP contribution >= 0.6 is 34.5 Å². The number of carbonyl (C=O) groups excluding carboxylic acids is 1. The quantitative estimate of drug-likeness (QED) is 0.578. The number of rotatable bonds is 5. The summed E-state index contributed by atoms with van der Waals surface area (Å²) in [5, 5.41) is 10.0. The van der Waals surface area contributed by atoms with E-state index in [9.17, 15) is 17.6 Å². The maximum Gasteiger partial charge on any atom is 0.322 e. The predicted octanol–water partition coefficient (Wildman–Crippen LogP) is 4.04. The minimum atomic E-state index is -3.97. The number of nitrogens with zero attached hydrogens (tertiary/aromatic N) is 3. The van der Waals surface area contributed by atoms with Crippen LogP contribution in [0.4, 0.5) is 10.4 Å². The van der Waals surface area contributed by atoms with E-state index >= 15 is 0 Å². The highest BCUT2D eigenvalue weighted by atomic mass is 35.5. The second-order valence-corrected chi connectivity index (χ2v) is 10.5. The van der Waals surface area contributed by atoms with Crippen molar-refractivity contribution in [2.75, 3.05) is 11.9 Å². The lowest BCUT2D eigenvalue weighted by atomic mass is 10.2. The van der Waals surface area contributed by atoms with Crippen LogP contribution in [0.15, 0.2) is 39.6 Å². The molecular weight excluding hydrogens is 478 g/mol. The Labute approximate surface area is 184 Å². The van der Waals surface area contributed by atoms with Crippen molar-refractivity contribution in [2.24, 2.45) is 0 Å². The molecule has 0 bridgehead atoms. The zero-order valence-corrected chi connectivity index (χ0v) is 18.2. The van der Waals surface area contributed by atoms with Crippen molar-refractivity contribution in [3.05, 3.63) is 44.8 Å². The van der Waals surface area contributed by atoms with Crippen molar-refractivity contribution < 1.29 is 22.0 Å². The summed E-state index contributed by atoms with van der Waals surface area (Å²) in [5.41, 5.74) is 0.432. The molecule has 3 heterocycles. The van der Waals surface area contributed by atoms with E-state index in [0.29, 0.717) is 27.1 Å². The third-order valence-corrected chi connectivity index (χ3v) is 7.88. The number of nitrogens with one attached hydrogen (secondary N) is 1. The van der Waals surface area contributed by atoms with Crippen LogP contribution in [-0.2, 0) is 14.8 Å². The zero-order valence-electron chi connectivity index (χ0n) is 15.0. The summed E-state index contributed by atoms with van der Waals surface area (Å²) in [6.45, 7) is 0.163. The van der Waals surface area contributed by atoms with E-state index in [0.717, 1.165) is 39.9 Å². The van der Waals surface area contributed by atoms with Crippen molar-refractivity contribution in [3.8, 4) is 11.5 Å². The first-order chi connectivity index (χ1) is 14.3. The van der Waals surface area contributed by atoms with Crippen LogP contribution in [-0.4, -0.2) is 41.4 Å². The number of benzene rings is 1. The van der Waals surface area contributed by atoms with Gasteiger partial charge in [-0.3, -0.25) is 10.1 Å². The number of anilines is 1. The Kier molecular flexibility index (Phi) is 5.82. The van der Waals surface area contributed by atoms with Crippen molar-refractivity contribution in [1.82, 2.24) is 14.5 Å². The molecule has 13 heteroatoms. The molecule has 1 fully saturated rings. The van der Waals surface area contributed by atoms with Crippen LogP contribution in [0.5, 0.6) is 0 Å². The van der Waals surface area contributed by atoms with Gasteiger partial charge in [0.1, 0.15) is 16.2 Å². The molecule has 4 rings (SSSR count). The molecule has 1 unspecified atom stereocenters. The summed E-state index contributed by atoms with van der Waals surface area (Å²) in [6.07, 6.45) is 0.815. The van der Waals surface area contributed by atoms with Crippen molar-refractivity contribution in [3.63, 3.8) is 0 Å². The Balaban J connectivity index is 1.52. The summed E-state index contributed by atoms with van der Waals surface area (Å²) >= 11 is 13.1. The third-order valence-electron chi connectivity index (χ3n) is 4.47. The smallest absolute Gasteiger partial charge is 0.322 e. The number of aromatic nitrogens is 2. The fourth-order valence-corrected chi connectivity index (χ4v) is 6.19. The van der Waals surface area contributed by atoms with Crippen molar-refractivity contribution >= 4 is 56.5 Å². The normalized spacial score (nSPS) is 17.4. The second-order valence-electron chi connectivity index (χ2n) is 6.37. The van der Waals surface area contributed by atoms with Gasteiger partial charge < -0.3 is 4.42 Å². The molecule has 1 N–H and O–H groups in total. The number of thiophene rings is 1. The largest absolute Gasteiger partial charge is 0.403 e. The standard InChI is InChI=1S/C17H13Cl2FN4O4S2/c18-13-8-11(14(19)29-13)16-22-23-17(28-16)21-15(25)12-2-1-7-24(12)30(26,27)10-5-3-9(20)4-6-10/h3-6,8,12H,1-2,7H2,(H,21,23,25). The van der Waals surface area contributed by atoms with Gasteiger partial charge in [0.05, 0.1) is 14.8 Å². The fraction of sp³-hybridized carbons (Fsp3) is 0.235. The molecule has 1 aromatic carbocycles. The molecule has 0 saturated carbocycles. The highest BCUT2D eigenvalue weighted by Gasteiger charge is 2.40. The fourth-order valence-electron chi connectivity index (χ4n) is 3.09. The lowest BCUT2D eigenvalue weighted by molar-refractivity contribution is -0.119. The first-order valence-corrected chi connectivity index (χ1v) is 11.6. The van der Waals surface area contributed by atoms with Gasteiger partial charge in [-0.15, -0.1) is 16.4 Å². The summed E-state index contributed by atoms with van der Waals surface area (Å²) in [7, 11) is -3.97. The minimum absolute atomic E-state index is 0.0701. The predicted molar refractivity (Wildman–Crippen MR) is 110 cm³/mol. The van der Waals surface area contributed by atoms with E-state index in [4.69, 9.17) is 27.6 Å². The lowest BCUT2D eigenvalue weighted by Crippen LogP contribution is -2.43. The molecule has 158 valence electrons. The number of amides is 1. The maximum absolute atomic E-state index is 13.1. The van der Waals surface area contributed by atoms with Gasteiger partial charge in [0.2, 0.25) is 15.9 Å². The van der Waals surface area contributed by atoms with E-state index in [1.807, 2.05) is 0 Å². The third kappa shape index (κ3) is 4.08. The van der Waals surface area contributed by atoms with E-state index in [1.165, 1.54) is 0 Å². The van der Waals surface area contributed by atoms with Gasteiger partial charge in [-0.05, 0) is 43.2 Å². The molecule has 1 aliphatic heterocycles. The molecule has 1 atom stereocenters. The Morgan fingerprint density at radius 2 is 2.00 bits per heavy atom. The van der Waals surface area contributed by atoms with Gasteiger partial charge in [-0.25, -0.2) is 12.8 Å². The Hall–Kier alpha value is -2.05. The number of carbonyl (C=O) groups is 1. The topological polar surface area (TPSA) is 105 Å². The molecule has 2 aromatic heterocycles. The first kappa shape index (κ1) is 21.2. The molecule has 1 saturated heterocycles. The van der Waals surface area contributed by atoms with Gasteiger partial charge in [-0.1, -0.05) is 28.3 Å².